The number of hydrogen-bond donors (Lipinski definition) is 0. The summed E-state index contributed by atoms with van der Waals surface area (Å²) in [6.45, 7) is 4.49. The van der Waals surface area contributed by atoms with Gasteiger partial charge in [-0.05, 0) is 48.0 Å². The normalized spacial score (nSPS) is 18.5. The Morgan fingerprint density at radius 1 is 1.47 bits per heavy atom. The van der Waals surface area contributed by atoms with Crippen LogP contribution < -0.4 is 0 Å². The molecule has 0 unspecified atom stereocenters. The minimum absolute atomic E-state index is 0.221. The summed E-state index contributed by atoms with van der Waals surface area (Å²) in [5.41, 5.74) is 0.446. The van der Waals surface area contributed by atoms with Gasteiger partial charge in [0.15, 0.2) is 0 Å². The SMILES string of the molecule is CC1(C)COC(c2cc(F)ccc2Br)=N1. The molecule has 0 aliphatic carbocycles. The molecule has 1 aromatic rings. The van der Waals surface area contributed by atoms with Gasteiger partial charge in [0.1, 0.15) is 12.4 Å². The van der Waals surface area contributed by atoms with Crippen LogP contribution in [0.3, 0.4) is 0 Å². The number of aliphatic imine (C=N–C) groups is 1. The highest BCUT2D eigenvalue weighted by atomic mass is 79.9. The smallest absolute Gasteiger partial charge is 0.218 e. The predicted octanol–water partition coefficient (Wildman–Crippen LogP) is 3.14. The first kappa shape index (κ1) is 10.6. The van der Waals surface area contributed by atoms with Gasteiger partial charge >= 0.3 is 0 Å². The minimum Gasteiger partial charge on any atom is -0.475 e. The van der Waals surface area contributed by atoms with Gasteiger partial charge in [0.05, 0.1) is 11.1 Å². The highest BCUT2D eigenvalue weighted by Gasteiger charge is 2.28. The van der Waals surface area contributed by atoms with E-state index < -0.39 is 0 Å². The van der Waals surface area contributed by atoms with E-state index >= 15 is 0 Å². The molecule has 0 N–H and O–H groups in total. The second-order valence-corrected chi connectivity index (χ2v) is 5.00. The van der Waals surface area contributed by atoms with E-state index in [9.17, 15) is 4.39 Å². The lowest BCUT2D eigenvalue weighted by atomic mass is 10.1. The van der Waals surface area contributed by atoms with Crippen LogP contribution >= 0.6 is 15.9 Å². The van der Waals surface area contributed by atoms with Crippen molar-refractivity contribution in [1.82, 2.24) is 0 Å². The fourth-order valence-corrected chi connectivity index (χ4v) is 1.80. The highest BCUT2D eigenvalue weighted by Crippen LogP contribution is 2.25. The molecular formula is C11H11BrFNO. The molecule has 0 saturated heterocycles. The van der Waals surface area contributed by atoms with Crippen molar-refractivity contribution in [3.05, 3.63) is 34.1 Å². The molecule has 0 fully saturated rings. The third-order valence-corrected chi connectivity index (χ3v) is 2.82. The van der Waals surface area contributed by atoms with Gasteiger partial charge in [-0.3, -0.25) is 0 Å². The van der Waals surface area contributed by atoms with Crippen molar-refractivity contribution >= 4 is 21.8 Å². The van der Waals surface area contributed by atoms with E-state index in [4.69, 9.17) is 4.74 Å². The Morgan fingerprint density at radius 3 is 2.80 bits per heavy atom. The minimum atomic E-state index is -0.288. The summed E-state index contributed by atoms with van der Waals surface area (Å²) >= 11 is 3.35. The van der Waals surface area contributed by atoms with E-state index in [-0.39, 0.29) is 11.4 Å². The summed E-state index contributed by atoms with van der Waals surface area (Å²) in [7, 11) is 0. The van der Waals surface area contributed by atoms with Gasteiger partial charge in [-0.2, -0.15) is 0 Å². The maximum atomic E-state index is 13.1. The second-order valence-electron chi connectivity index (χ2n) is 4.14. The fourth-order valence-electron chi connectivity index (χ4n) is 1.38. The maximum absolute atomic E-state index is 13.1. The molecule has 1 aromatic carbocycles. The fraction of sp³-hybridized carbons (Fsp3) is 0.364. The zero-order chi connectivity index (χ0) is 11.1. The largest absolute Gasteiger partial charge is 0.475 e. The van der Waals surface area contributed by atoms with Crippen molar-refractivity contribution in [2.75, 3.05) is 6.61 Å². The Labute approximate surface area is 96.3 Å². The number of ether oxygens (including phenoxy) is 1. The first-order valence-corrected chi connectivity index (χ1v) is 5.45. The summed E-state index contributed by atoms with van der Waals surface area (Å²) in [5.74, 6) is 0.218. The molecule has 4 heteroatoms. The molecule has 0 aromatic heterocycles. The number of hydrogen-bond acceptors (Lipinski definition) is 2. The Balaban J connectivity index is 2.43. The summed E-state index contributed by atoms with van der Waals surface area (Å²) in [4.78, 5) is 4.39. The lowest BCUT2D eigenvalue weighted by molar-refractivity contribution is 0.279. The van der Waals surface area contributed by atoms with Gasteiger partial charge in [0.25, 0.3) is 0 Å². The van der Waals surface area contributed by atoms with Crippen LogP contribution in [0.15, 0.2) is 27.7 Å². The van der Waals surface area contributed by atoms with Crippen molar-refractivity contribution in [1.29, 1.82) is 0 Å². The zero-order valence-corrected chi connectivity index (χ0v) is 10.1. The van der Waals surface area contributed by atoms with Crippen molar-refractivity contribution in [3.8, 4) is 0 Å². The van der Waals surface area contributed by atoms with E-state index in [1.807, 2.05) is 13.8 Å². The van der Waals surface area contributed by atoms with E-state index in [0.29, 0.717) is 18.1 Å². The molecule has 2 rings (SSSR count). The lowest BCUT2D eigenvalue weighted by Crippen LogP contribution is -2.17. The van der Waals surface area contributed by atoms with Crippen molar-refractivity contribution in [3.63, 3.8) is 0 Å². The quantitative estimate of drug-likeness (QED) is 0.769. The topological polar surface area (TPSA) is 21.6 Å². The average molecular weight is 272 g/mol. The summed E-state index contributed by atoms with van der Waals surface area (Å²) < 4.78 is 19.3. The lowest BCUT2D eigenvalue weighted by Gasteiger charge is -2.07. The van der Waals surface area contributed by atoms with Gasteiger partial charge in [-0.15, -0.1) is 0 Å². The molecule has 1 aliphatic heterocycles. The van der Waals surface area contributed by atoms with Gasteiger partial charge in [0.2, 0.25) is 5.90 Å². The Kier molecular flexibility index (Phi) is 2.54. The molecule has 1 heterocycles. The Bertz CT molecular complexity index is 429. The van der Waals surface area contributed by atoms with Crippen LogP contribution in [0, 0.1) is 5.82 Å². The van der Waals surface area contributed by atoms with Crippen molar-refractivity contribution < 1.29 is 9.13 Å². The number of nitrogens with zero attached hydrogens (tertiary/aromatic N) is 1. The number of benzene rings is 1. The molecule has 80 valence electrons. The van der Waals surface area contributed by atoms with Gasteiger partial charge in [-0.25, -0.2) is 9.38 Å². The predicted molar refractivity (Wildman–Crippen MR) is 60.7 cm³/mol. The van der Waals surface area contributed by atoms with Gasteiger partial charge < -0.3 is 4.74 Å². The van der Waals surface area contributed by atoms with Crippen LogP contribution in [0.2, 0.25) is 0 Å². The summed E-state index contributed by atoms with van der Waals surface area (Å²) in [6.07, 6.45) is 0. The highest BCUT2D eigenvalue weighted by molar-refractivity contribution is 9.10. The van der Waals surface area contributed by atoms with Crippen LogP contribution in [-0.2, 0) is 4.74 Å². The van der Waals surface area contributed by atoms with Crippen LogP contribution in [0.4, 0.5) is 4.39 Å². The van der Waals surface area contributed by atoms with Gasteiger partial charge in [0, 0.05) is 4.47 Å². The number of halogens is 2. The third kappa shape index (κ3) is 2.20. The molecule has 0 bridgehead atoms. The zero-order valence-electron chi connectivity index (χ0n) is 8.55. The van der Waals surface area contributed by atoms with Crippen LogP contribution in [-0.4, -0.2) is 18.0 Å². The van der Waals surface area contributed by atoms with Crippen LogP contribution in [0.1, 0.15) is 19.4 Å². The molecule has 0 radical (unpaired) electrons. The standard InChI is InChI=1S/C11H11BrFNO/c1-11(2)6-15-10(14-11)8-5-7(13)3-4-9(8)12/h3-5H,6H2,1-2H3. The molecule has 15 heavy (non-hydrogen) atoms. The Hall–Kier alpha value is -0.900. The first-order valence-electron chi connectivity index (χ1n) is 4.66. The van der Waals surface area contributed by atoms with Crippen molar-refractivity contribution in [2.24, 2.45) is 4.99 Å². The Morgan fingerprint density at radius 2 is 2.20 bits per heavy atom. The molecule has 0 amide bonds. The first-order chi connectivity index (χ1) is 6.98. The number of rotatable bonds is 1. The monoisotopic (exact) mass is 271 g/mol. The van der Waals surface area contributed by atoms with E-state index in [1.165, 1.54) is 12.1 Å². The summed E-state index contributed by atoms with van der Waals surface area (Å²) in [5, 5.41) is 0. The average Bonchev–Trinajstić information content (AvgIpc) is 2.50. The van der Waals surface area contributed by atoms with Crippen molar-refractivity contribution in [2.45, 2.75) is 19.4 Å². The molecular weight excluding hydrogens is 261 g/mol. The third-order valence-electron chi connectivity index (χ3n) is 2.13. The maximum Gasteiger partial charge on any atom is 0.218 e. The molecule has 0 saturated carbocycles. The molecule has 1 aliphatic rings. The van der Waals surface area contributed by atoms with Crippen LogP contribution in [0.25, 0.3) is 0 Å². The second kappa shape index (κ2) is 3.59. The molecule has 0 spiro atoms. The van der Waals surface area contributed by atoms with E-state index in [1.54, 1.807) is 6.07 Å². The van der Waals surface area contributed by atoms with Crippen LogP contribution in [0.5, 0.6) is 0 Å². The van der Waals surface area contributed by atoms with E-state index in [2.05, 4.69) is 20.9 Å². The van der Waals surface area contributed by atoms with Gasteiger partial charge in [-0.1, -0.05) is 0 Å². The molecule has 0 atom stereocenters. The molecule has 2 nitrogen and oxygen atoms in total. The van der Waals surface area contributed by atoms with E-state index in [0.717, 1.165) is 4.47 Å². The summed E-state index contributed by atoms with van der Waals surface area (Å²) in [6, 6.07) is 4.47.